The normalized spacial score (nSPS) is 15.1. The zero-order chi connectivity index (χ0) is 20.5. The highest BCUT2D eigenvalue weighted by Crippen LogP contribution is 2.36. The molecular weight excluding hydrogens is 386 g/mol. The molecule has 148 valence electrons. The molecule has 1 aromatic heterocycles. The van der Waals surface area contributed by atoms with Crippen LogP contribution in [0.25, 0.3) is 11.3 Å². The number of amides is 2. The van der Waals surface area contributed by atoms with Crippen LogP contribution < -0.4 is 15.0 Å². The summed E-state index contributed by atoms with van der Waals surface area (Å²) < 4.78 is 5.25. The van der Waals surface area contributed by atoms with E-state index in [2.05, 4.69) is 23.3 Å². The van der Waals surface area contributed by atoms with Crippen LogP contribution >= 0.6 is 11.3 Å². The summed E-state index contributed by atoms with van der Waals surface area (Å²) in [5, 5.41) is 5.28. The molecule has 1 N–H and O–H groups in total. The second-order valence-electron chi connectivity index (χ2n) is 6.98. The first-order valence-corrected chi connectivity index (χ1v) is 10.2. The SMILES string of the molecule is COc1ccccc1C(=O)Nc1nc(-c2ccc3c(c2)C[C@H](C)N3C(C)=O)cs1. The molecule has 3 aromatic rings. The first kappa shape index (κ1) is 19.1. The van der Waals surface area contributed by atoms with E-state index in [1.807, 2.05) is 28.5 Å². The van der Waals surface area contributed by atoms with Crippen molar-refractivity contribution in [1.29, 1.82) is 0 Å². The fourth-order valence-corrected chi connectivity index (χ4v) is 4.45. The summed E-state index contributed by atoms with van der Waals surface area (Å²) in [6.45, 7) is 3.64. The Bertz CT molecular complexity index is 1090. The van der Waals surface area contributed by atoms with Gasteiger partial charge in [-0.15, -0.1) is 11.3 Å². The number of carbonyl (C=O) groups excluding carboxylic acids is 2. The Hall–Kier alpha value is -3.19. The Morgan fingerprint density at radius 2 is 2.03 bits per heavy atom. The van der Waals surface area contributed by atoms with Gasteiger partial charge in [0.15, 0.2) is 5.13 Å². The number of hydrogen-bond acceptors (Lipinski definition) is 5. The van der Waals surface area contributed by atoms with Crippen molar-refractivity contribution in [2.75, 3.05) is 17.3 Å². The van der Waals surface area contributed by atoms with Crippen molar-refractivity contribution < 1.29 is 14.3 Å². The van der Waals surface area contributed by atoms with Gasteiger partial charge in [0.05, 0.1) is 18.4 Å². The number of nitrogens with one attached hydrogen (secondary N) is 1. The number of benzene rings is 2. The molecule has 0 bridgehead atoms. The molecule has 7 heteroatoms. The zero-order valence-corrected chi connectivity index (χ0v) is 17.2. The molecular formula is C22H21N3O3S. The van der Waals surface area contributed by atoms with Gasteiger partial charge in [-0.25, -0.2) is 4.98 Å². The Balaban J connectivity index is 1.55. The van der Waals surface area contributed by atoms with Crippen molar-refractivity contribution in [2.45, 2.75) is 26.3 Å². The maximum Gasteiger partial charge on any atom is 0.261 e. The van der Waals surface area contributed by atoms with Gasteiger partial charge in [0.2, 0.25) is 5.91 Å². The molecule has 29 heavy (non-hydrogen) atoms. The van der Waals surface area contributed by atoms with Gasteiger partial charge in [-0.2, -0.15) is 0 Å². The third kappa shape index (κ3) is 3.61. The lowest BCUT2D eigenvalue weighted by molar-refractivity contribution is -0.116. The van der Waals surface area contributed by atoms with Gasteiger partial charge in [-0.1, -0.05) is 18.2 Å². The summed E-state index contributed by atoms with van der Waals surface area (Å²) in [4.78, 5) is 30.9. The summed E-state index contributed by atoms with van der Waals surface area (Å²) in [6, 6.07) is 13.2. The lowest BCUT2D eigenvalue weighted by Gasteiger charge is -2.20. The predicted molar refractivity (Wildman–Crippen MR) is 115 cm³/mol. The van der Waals surface area contributed by atoms with Crippen molar-refractivity contribution >= 4 is 34.0 Å². The summed E-state index contributed by atoms with van der Waals surface area (Å²) >= 11 is 1.37. The van der Waals surface area contributed by atoms with Crippen molar-refractivity contribution in [3.8, 4) is 17.0 Å². The van der Waals surface area contributed by atoms with Gasteiger partial charge >= 0.3 is 0 Å². The number of methoxy groups -OCH3 is 1. The summed E-state index contributed by atoms with van der Waals surface area (Å²) in [5.74, 6) is 0.312. The van der Waals surface area contributed by atoms with E-state index in [0.717, 1.165) is 28.9 Å². The monoisotopic (exact) mass is 407 g/mol. The average Bonchev–Trinajstić information content (AvgIpc) is 3.30. The van der Waals surface area contributed by atoms with Crippen LogP contribution in [0.4, 0.5) is 10.8 Å². The van der Waals surface area contributed by atoms with E-state index >= 15 is 0 Å². The smallest absolute Gasteiger partial charge is 0.261 e. The second-order valence-corrected chi connectivity index (χ2v) is 7.84. The molecule has 1 atom stereocenters. The third-order valence-electron chi connectivity index (χ3n) is 5.01. The second kappa shape index (κ2) is 7.67. The van der Waals surface area contributed by atoms with Crippen molar-refractivity contribution in [2.24, 2.45) is 0 Å². The fourth-order valence-electron chi connectivity index (χ4n) is 3.73. The molecule has 0 saturated heterocycles. The van der Waals surface area contributed by atoms with Crippen molar-refractivity contribution in [1.82, 2.24) is 4.98 Å². The van der Waals surface area contributed by atoms with Crippen LogP contribution in [0.2, 0.25) is 0 Å². The van der Waals surface area contributed by atoms with E-state index in [4.69, 9.17) is 4.74 Å². The molecule has 0 radical (unpaired) electrons. The van der Waals surface area contributed by atoms with E-state index in [0.29, 0.717) is 16.4 Å². The molecule has 6 nitrogen and oxygen atoms in total. The molecule has 2 heterocycles. The molecule has 1 aliphatic rings. The lowest BCUT2D eigenvalue weighted by Crippen LogP contribution is -2.33. The highest BCUT2D eigenvalue weighted by atomic mass is 32.1. The number of aromatic nitrogens is 1. The van der Waals surface area contributed by atoms with E-state index < -0.39 is 0 Å². The Labute approximate surface area is 173 Å². The molecule has 0 unspecified atom stereocenters. The number of carbonyl (C=O) groups is 2. The van der Waals surface area contributed by atoms with Crippen LogP contribution in [0.3, 0.4) is 0 Å². The van der Waals surface area contributed by atoms with Gasteiger partial charge in [0.1, 0.15) is 5.75 Å². The predicted octanol–water partition coefficient (Wildman–Crippen LogP) is 4.37. The Kier molecular flexibility index (Phi) is 5.07. The largest absolute Gasteiger partial charge is 0.496 e. The number of ether oxygens (including phenoxy) is 1. The van der Waals surface area contributed by atoms with Gasteiger partial charge in [0, 0.05) is 29.6 Å². The molecule has 2 amide bonds. The van der Waals surface area contributed by atoms with Gasteiger partial charge in [-0.05, 0) is 43.2 Å². The quantitative estimate of drug-likeness (QED) is 0.697. The van der Waals surface area contributed by atoms with E-state index in [1.165, 1.54) is 18.4 Å². The van der Waals surface area contributed by atoms with E-state index in [9.17, 15) is 9.59 Å². The fraction of sp³-hybridized carbons (Fsp3) is 0.227. The number of hydrogen-bond donors (Lipinski definition) is 1. The maximum absolute atomic E-state index is 12.6. The number of rotatable bonds is 4. The molecule has 0 saturated carbocycles. The number of anilines is 2. The standard InChI is InChI=1S/C22H21N3O3S/c1-13-10-16-11-15(8-9-19(16)25(13)14(2)26)18-12-29-22(23-18)24-21(27)17-6-4-5-7-20(17)28-3/h4-9,11-13H,10H2,1-3H3,(H,23,24,27)/t13-/m0/s1. The molecule has 2 aromatic carbocycles. The molecule has 0 spiro atoms. The first-order chi connectivity index (χ1) is 14.0. The minimum Gasteiger partial charge on any atom is -0.496 e. The van der Waals surface area contributed by atoms with Crippen LogP contribution in [-0.2, 0) is 11.2 Å². The summed E-state index contributed by atoms with van der Waals surface area (Å²) in [5.41, 5.74) is 4.33. The van der Waals surface area contributed by atoms with Gasteiger partial charge in [-0.3, -0.25) is 14.9 Å². The summed E-state index contributed by atoms with van der Waals surface area (Å²) in [6.07, 6.45) is 0.824. The topological polar surface area (TPSA) is 71.5 Å². The average molecular weight is 407 g/mol. The number of nitrogens with zero attached hydrogens (tertiary/aromatic N) is 2. The Morgan fingerprint density at radius 3 is 2.79 bits per heavy atom. The molecule has 4 rings (SSSR count). The van der Waals surface area contributed by atoms with E-state index in [-0.39, 0.29) is 17.9 Å². The lowest BCUT2D eigenvalue weighted by atomic mass is 10.1. The number of thiazole rings is 1. The highest BCUT2D eigenvalue weighted by Gasteiger charge is 2.29. The summed E-state index contributed by atoms with van der Waals surface area (Å²) in [7, 11) is 1.54. The first-order valence-electron chi connectivity index (χ1n) is 9.31. The maximum atomic E-state index is 12.6. The van der Waals surface area contributed by atoms with E-state index in [1.54, 1.807) is 25.1 Å². The minimum atomic E-state index is -0.261. The number of para-hydroxylation sites is 1. The van der Waals surface area contributed by atoms with Gasteiger partial charge in [0.25, 0.3) is 5.91 Å². The minimum absolute atomic E-state index is 0.0546. The molecule has 0 fully saturated rings. The van der Waals surface area contributed by atoms with Crippen LogP contribution in [0.5, 0.6) is 5.75 Å². The third-order valence-corrected chi connectivity index (χ3v) is 5.76. The van der Waals surface area contributed by atoms with Crippen LogP contribution in [0.15, 0.2) is 47.8 Å². The van der Waals surface area contributed by atoms with Crippen LogP contribution in [0.1, 0.15) is 29.8 Å². The number of fused-ring (bicyclic) bond motifs is 1. The highest BCUT2D eigenvalue weighted by molar-refractivity contribution is 7.14. The zero-order valence-electron chi connectivity index (χ0n) is 16.4. The Morgan fingerprint density at radius 1 is 1.24 bits per heavy atom. The molecule has 0 aliphatic carbocycles. The van der Waals surface area contributed by atoms with Crippen molar-refractivity contribution in [3.63, 3.8) is 0 Å². The van der Waals surface area contributed by atoms with Crippen LogP contribution in [-0.4, -0.2) is 29.9 Å². The van der Waals surface area contributed by atoms with Gasteiger partial charge < -0.3 is 9.64 Å². The van der Waals surface area contributed by atoms with Crippen molar-refractivity contribution in [3.05, 3.63) is 59.0 Å². The molecule has 1 aliphatic heterocycles. The van der Waals surface area contributed by atoms with Crippen LogP contribution in [0, 0.1) is 0 Å².